The minimum Gasteiger partial charge on any atom is -0.493 e. The lowest BCUT2D eigenvalue weighted by molar-refractivity contribution is -0.137. The maximum Gasteiger partial charge on any atom is 0.304 e. The number of hydrogen-bond donors (Lipinski definition) is 1. The molecule has 38 heavy (non-hydrogen) atoms. The summed E-state index contributed by atoms with van der Waals surface area (Å²) in [6.07, 6.45) is 3.73. The molecule has 0 spiro atoms. The van der Waals surface area contributed by atoms with Crippen LogP contribution in [0.25, 0.3) is 11.1 Å². The van der Waals surface area contributed by atoms with Crippen molar-refractivity contribution < 1.29 is 32.5 Å². The van der Waals surface area contributed by atoms with Crippen molar-refractivity contribution in [1.82, 2.24) is 0 Å². The fourth-order valence-corrected chi connectivity index (χ4v) is 5.90. The third kappa shape index (κ3) is 5.80. The summed E-state index contributed by atoms with van der Waals surface area (Å²) in [7, 11) is -2.99. The molecule has 0 saturated carbocycles. The lowest BCUT2D eigenvalue weighted by atomic mass is 9.79. The van der Waals surface area contributed by atoms with Crippen LogP contribution in [0.5, 0.6) is 17.2 Å². The number of carboxylic acid groups (broad SMARTS) is 1. The number of benzene rings is 3. The van der Waals surface area contributed by atoms with Crippen LogP contribution in [0.15, 0.2) is 48.5 Å². The van der Waals surface area contributed by atoms with Crippen molar-refractivity contribution in [2.75, 3.05) is 25.2 Å². The fourth-order valence-electron chi connectivity index (χ4n) is 5.26. The molecule has 0 radical (unpaired) electrons. The molecule has 3 aromatic rings. The molecule has 0 aromatic heterocycles. The van der Waals surface area contributed by atoms with E-state index >= 15 is 0 Å². The highest BCUT2D eigenvalue weighted by Crippen LogP contribution is 2.42. The van der Waals surface area contributed by atoms with Gasteiger partial charge in [-0.05, 0) is 77.8 Å². The molecule has 1 N–H and O–H groups in total. The van der Waals surface area contributed by atoms with Gasteiger partial charge in [-0.3, -0.25) is 4.79 Å². The van der Waals surface area contributed by atoms with E-state index in [4.69, 9.17) is 19.3 Å². The summed E-state index contributed by atoms with van der Waals surface area (Å²) in [6.45, 7) is 3.25. The highest BCUT2D eigenvalue weighted by atomic mass is 32.2. The van der Waals surface area contributed by atoms with Gasteiger partial charge in [0, 0.05) is 23.8 Å². The maximum atomic E-state index is 11.4. The Kier molecular flexibility index (Phi) is 7.34. The number of aliphatic carboxylic acids is 1. The third-order valence-electron chi connectivity index (χ3n) is 7.15. The van der Waals surface area contributed by atoms with E-state index in [9.17, 15) is 13.2 Å². The molecule has 3 aromatic carbocycles. The van der Waals surface area contributed by atoms with Crippen molar-refractivity contribution in [2.24, 2.45) is 0 Å². The van der Waals surface area contributed by atoms with Gasteiger partial charge in [-0.1, -0.05) is 24.3 Å². The van der Waals surface area contributed by atoms with Gasteiger partial charge in [0.2, 0.25) is 0 Å². The zero-order valence-electron chi connectivity index (χ0n) is 21.7. The van der Waals surface area contributed by atoms with Crippen molar-refractivity contribution in [3.05, 3.63) is 76.3 Å². The Labute approximate surface area is 223 Å². The number of fused-ring (bicyclic) bond motifs is 2. The lowest BCUT2D eigenvalue weighted by Crippen LogP contribution is -2.15. The van der Waals surface area contributed by atoms with E-state index in [2.05, 4.69) is 25.1 Å². The average Bonchev–Trinajstić information content (AvgIpc) is 3.23. The lowest BCUT2D eigenvalue weighted by Gasteiger charge is -2.28. The number of sulfone groups is 1. The highest BCUT2D eigenvalue weighted by molar-refractivity contribution is 7.90. The normalized spacial score (nSPS) is 15.7. The SMILES string of the molecule is Cc1cc(OCCCS(C)(=O)=O)c2c(c1-c1cccc(COc3ccc4c(c3)OC[C@H]4CC(=O)O)c1)CC2. The van der Waals surface area contributed by atoms with Gasteiger partial charge in [0.05, 0.1) is 25.4 Å². The molecule has 0 fully saturated rings. The summed E-state index contributed by atoms with van der Waals surface area (Å²) in [5.74, 6) is 1.41. The molecule has 0 bridgehead atoms. The molecule has 1 aliphatic carbocycles. The predicted molar refractivity (Wildman–Crippen MR) is 145 cm³/mol. The quantitative estimate of drug-likeness (QED) is 0.340. The van der Waals surface area contributed by atoms with Gasteiger partial charge in [-0.2, -0.15) is 0 Å². The second-order valence-electron chi connectivity index (χ2n) is 10.2. The first kappa shape index (κ1) is 26.1. The second-order valence-corrected chi connectivity index (χ2v) is 12.4. The van der Waals surface area contributed by atoms with Gasteiger partial charge in [-0.15, -0.1) is 0 Å². The van der Waals surface area contributed by atoms with Gasteiger partial charge in [-0.25, -0.2) is 8.42 Å². The summed E-state index contributed by atoms with van der Waals surface area (Å²) < 4.78 is 40.5. The van der Waals surface area contributed by atoms with Gasteiger partial charge in [0.1, 0.15) is 33.7 Å². The van der Waals surface area contributed by atoms with E-state index in [0.717, 1.165) is 40.8 Å². The molecular formula is C30H32O7S. The molecule has 8 heteroatoms. The summed E-state index contributed by atoms with van der Waals surface area (Å²) in [5, 5.41) is 9.10. The van der Waals surface area contributed by atoms with Crippen molar-refractivity contribution in [3.63, 3.8) is 0 Å². The Morgan fingerprint density at radius 2 is 1.89 bits per heavy atom. The Morgan fingerprint density at radius 1 is 1.08 bits per heavy atom. The van der Waals surface area contributed by atoms with E-state index in [0.29, 0.717) is 37.7 Å². The molecular weight excluding hydrogens is 504 g/mol. The average molecular weight is 537 g/mol. The van der Waals surface area contributed by atoms with Crippen LogP contribution in [-0.4, -0.2) is 44.7 Å². The standard InChI is InChI=1S/C30H32O7S/c1-19-13-27(35-11-4-12-38(2,33)34)25-9-10-26(25)30(19)21-6-3-5-20(14-21)17-36-23-7-8-24-22(15-29(31)32)18-37-28(24)16-23/h3,5-8,13-14,16,22H,4,9-12,15,17-18H2,1-2H3,(H,31,32)/t22-/m1/s1. The first-order chi connectivity index (χ1) is 18.2. The molecule has 1 atom stereocenters. The molecule has 1 aliphatic heterocycles. The molecule has 0 unspecified atom stereocenters. The van der Waals surface area contributed by atoms with E-state index in [1.807, 2.05) is 30.3 Å². The zero-order chi connectivity index (χ0) is 26.9. The van der Waals surface area contributed by atoms with E-state index in [-0.39, 0.29) is 18.1 Å². The molecule has 0 amide bonds. The number of hydrogen-bond acceptors (Lipinski definition) is 6. The molecule has 0 saturated heterocycles. The van der Waals surface area contributed by atoms with Crippen LogP contribution in [0.4, 0.5) is 0 Å². The van der Waals surface area contributed by atoms with Crippen LogP contribution in [0.3, 0.4) is 0 Å². The minimum absolute atomic E-state index is 0.0550. The number of rotatable bonds is 11. The van der Waals surface area contributed by atoms with E-state index in [1.165, 1.54) is 22.9 Å². The van der Waals surface area contributed by atoms with Crippen LogP contribution in [0, 0.1) is 6.92 Å². The van der Waals surface area contributed by atoms with Crippen molar-refractivity contribution >= 4 is 15.8 Å². The topological polar surface area (TPSA) is 99.1 Å². The highest BCUT2D eigenvalue weighted by Gasteiger charge is 2.27. The number of ether oxygens (including phenoxy) is 3. The van der Waals surface area contributed by atoms with Crippen molar-refractivity contribution in [2.45, 2.75) is 45.1 Å². The number of carboxylic acids is 1. The van der Waals surface area contributed by atoms with Gasteiger partial charge in [0.25, 0.3) is 0 Å². The molecule has 5 rings (SSSR count). The summed E-state index contributed by atoms with van der Waals surface area (Å²) in [5.41, 5.74) is 7.97. The monoisotopic (exact) mass is 536 g/mol. The van der Waals surface area contributed by atoms with Gasteiger partial charge < -0.3 is 19.3 Å². The first-order valence-corrected chi connectivity index (χ1v) is 14.9. The van der Waals surface area contributed by atoms with E-state index < -0.39 is 15.8 Å². The van der Waals surface area contributed by atoms with Crippen molar-refractivity contribution in [3.8, 4) is 28.4 Å². The maximum absolute atomic E-state index is 11.4. The fraction of sp³-hybridized carbons (Fsp3) is 0.367. The van der Waals surface area contributed by atoms with Gasteiger partial charge >= 0.3 is 5.97 Å². The predicted octanol–water partition coefficient (Wildman–Crippen LogP) is 5.10. The minimum atomic E-state index is -2.99. The number of aryl methyl sites for hydroxylation is 1. The van der Waals surface area contributed by atoms with Crippen LogP contribution in [-0.2, 0) is 34.1 Å². The summed E-state index contributed by atoms with van der Waals surface area (Å²) in [6, 6.07) is 16.0. The van der Waals surface area contributed by atoms with Gasteiger partial charge in [0.15, 0.2) is 0 Å². The van der Waals surface area contributed by atoms with Crippen LogP contribution >= 0.6 is 0 Å². The van der Waals surface area contributed by atoms with Crippen LogP contribution in [0.1, 0.15) is 46.6 Å². The smallest absolute Gasteiger partial charge is 0.304 e. The summed E-state index contributed by atoms with van der Waals surface area (Å²) in [4.78, 5) is 11.1. The molecule has 7 nitrogen and oxygen atoms in total. The molecule has 1 heterocycles. The Morgan fingerprint density at radius 3 is 2.63 bits per heavy atom. The Hall–Kier alpha value is -3.52. The Bertz CT molecular complexity index is 1480. The van der Waals surface area contributed by atoms with E-state index in [1.54, 1.807) is 0 Å². The van der Waals surface area contributed by atoms with Crippen molar-refractivity contribution in [1.29, 1.82) is 0 Å². The summed E-state index contributed by atoms with van der Waals surface area (Å²) >= 11 is 0. The molecule has 2 aliphatic rings. The zero-order valence-corrected chi connectivity index (χ0v) is 22.5. The number of carbonyl (C=O) groups is 1. The third-order valence-corrected chi connectivity index (χ3v) is 8.18. The first-order valence-electron chi connectivity index (χ1n) is 12.8. The second kappa shape index (κ2) is 10.7. The largest absolute Gasteiger partial charge is 0.493 e. The Balaban J connectivity index is 1.27. The van der Waals surface area contributed by atoms with Crippen LogP contribution in [0.2, 0.25) is 0 Å². The molecule has 200 valence electrons. The van der Waals surface area contributed by atoms with Crippen LogP contribution < -0.4 is 14.2 Å².